The minimum Gasteiger partial charge on any atom is -0.309 e. The van der Waals surface area contributed by atoms with Gasteiger partial charge in [-0.1, -0.05) is 22.9 Å². The fourth-order valence-corrected chi connectivity index (χ4v) is 4.40. The van der Waals surface area contributed by atoms with E-state index in [1.165, 1.54) is 34.8 Å². The van der Waals surface area contributed by atoms with Crippen molar-refractivity contribution in [3.05, 3.63) is 45.4 Å². The molecule has 4 nitrogen and oxygen atoms in total. The topological polar surface area (TPSA) is 36.4 Å². The number of hydrogen-bond acceptors (Lipinski definition) is 5. The zero-order chi connectivity index (χ0) is 18.0. The van der Waals surface area contributed by atoms with Gasteiger partial charge in [-0.25, -0.2) is 9.37 Å². The lowest BCUT2D eigenvalue weighted by Crippen LogP contribution is -2.32. The highest BCUT2D eigenvalue weighted by molar-refractivity contribution is 7.22. The summed E-state index contributed by atoms with van der Waals surface area (Å²) < 4.78 is 14.7. The number of carbonyl (C=O) groups is 1. The van der Waals surface area contributed by atoms with Crippen LogP contribution in [0.25, 0.3) is 10.2 Å². The van der Waals surface area contributed by atoms with E-state index >= 15 is 0 Å². The summed E-state index contributed by atoms with van der Waals surface area (Å²) in [5.74, 6) is -0.437. The quantitative estimate of drug-likeness (QED) is 0.537. The molecule has 9 heteroatoms. The molecule has 0 fully saturated rings. The Morgan fingerprint density at radius 2 is 1.96 bits per heavy atom. The number of aromatic nitrogens is 1. The van der Waals surface area contributed by atoms with Crippen LogP contribution in [0.1, 0.15) is 16.1 Å². The average molecular weight is 434 g/mol. The molecule has 0 spiro atoms. The molecule has 1 aromatic carbocycles. The zero-order valence-corrected chi connectivity index (χ0v) is 17.4. The highest BCUT2D eigenvalue weighted by Crippen LogP contribution is 2.32. The summed E-state index contributed by atoms with van der Waals surface area (Å²) in [6, 6.07) is 7.89. The van der Waals surface area contributed by atoms with E-state index in [0.717, 1.165) is 17.7 Å². The van der Waals surface area contributed by atoms with Gasteiger partial charge < -0.3 is 4.90 Å². The lowest BCUT2D eigenvalue weighted by atomic mass is 10.3. The summed E-state index contributed by atoms with van der Waals surface area (Å²) >= 11 is 8.54. The first-order chi connectivity index (χ1) is 11.9. The van der Waals surface area contributed by atoms with E-state index in [1.807, 2.05) is 14.1 Å². The minimum atomic E-state index is -0.307. The Bertz CT molecular complexity index is 897. The second-order valence-corrected chi connectivity index (χ2v) is 8.55. The molecule has 0 N–H and O–H groups in total. The first-order valence-electron chi connectivity index (χ1n) is 7.72. The monoisotopic (exact) mass is 433 g/mol. The van der Waals surface area contributed by atoms with Crippen molar-refractivity contribution in [3.63, 3.8) is 0 Å². The number of hydrogen-bond donors (Lipinski definition) is 0. The maximum Gasteiger partial charge on any atom is 0.270 e. The molecule has 0 saturated carbocycles. The molecule has 0 bridgehead atoms. The molecule has 2 heterocycles. The molecule has 0 aliphatic carbocycles. The molecule has 3 rings (SSSR count). The van der Waals surface area contributed by atoms with E-state index in [9.17, 15) is 9.18 Å². The molecule has 0 unspecified atom stereocenters. The van der Waals surface area contributed by atoms with Crippen LogP contribution in [0.3, 0.4) is 0 Å². The molecule has 0 aliphatic rings. The molecule has 0 saturated heterocycles. The van der Waals surface area contributed by atoms with E-state index < -0.39 is 0 Å². The molecule has 0 radical (unpaired) electrons. The Balaban J connectivity index is 0.00000243. The third-order valence-corrected chi connectivity index (χ3v) is 5.85. The molecule has 2 aromatic heterocycles. The maximum atomic E-state index is 13.4. The van der Waals surface area contributed by atoms with E-state index in [4.69, 9.17) is 11.6 Å². The van der Waals surface area contributed by atoms with Crippen LogP contribution >= 0.6 is 46.7 Å². The lowest BCUT2D eigenvalue weighted by molar-refractivity contribution is 0.0990. The smallest absolute Gasteiger partial charge is 0.270 e. The van der Waals surface area contributed by atoms with Crippen LogP contribution in [0.5, 0.6) is 0 Å². The first kappa shape index (κ1) is 21.1. The highest BCUT2D eigenvalue weighted by Gasteiger charge is 2.22. The number of halogens is 3. The van der Waals surface area contributed by atoms with Crippen LogP contribution in [-0.2, 0) is 0 Å². The normalized spacial score (nSPS) is 11.0. The summed E-state index contributed by atoms with van der Waals surface area (Å²) in [6.45, 7) is 1.39. The van der Waals surface area contributed by atoms with Gasteiger partial charge in [0.1, 0.15) is 5.82 Å². The SMILES string of the molecule is CN(C)CCCN(C(=O)c1ccc(Cl)s1)c1nc2ccc(F)cc2s1.Cl. The molecular formula is C17H18Cl2FN3OS2. The molecule has 26 heavy (non-hydrogen) atoms. The van der Waals surface area contributed by atoms with Crippen molar-refractivity contribution in [1.82, 2.24) is 9.88 Å². The second-order valence-electron chi connectivity index (χ2n) is 5.83. The van der Waals surface area contributed by atoms with Crippen molar-refractivity contribution in [1.29, 1.82) is 0 Å². The summed E-state index contributed by atoms with van der Waals surface area (Å²) in [4.78, 5) is 21.8. The van der Waals surface area contributed by atoms with Gasteiger partial charge in [0, 0.05) is 6.54 Å². The number of thiazole rings is 1. The average Bonchev–Trinajstić information content (AvgIpc) is 3.16. The van der Waals surface area contributed by atoms with Crippen LogP contribution < -0.4 is 4.90 Å². The van der Waals surface area contributed by atoms with Gasteiger partial charge in [-0.3, -0.25) is 9.69 Å². The van der Waals surface area contributed by atoms with E-state index in [-0.39, 0.29) is 24.1 Å². The van der Waals surface area contributed by atoms with Gasteiger partial charge in [0.2, 0.25) is 0 Å². The number of fused-ring (bicyclic) bond motifs is 1. The van der Waals surface area contributed by atoms with Crippen molar-refractivity contribution in [3.8, 4) is 0 Å². The van der Waals surface area contributed by atoms with Gasteiger partial charge in [0.25, 0.3) is 5.91 Å². The Morgan fingerprint density at radius 1 is 1.19 bits per heavy atom. The van der Waals surface area contributed by atoms with E-state index in [2.05, 4.69) is 9.88 Å². The predicted octanol–water partition coefficient (Wildman–Crippen LogP) is 5.17. The molecule has 1 amide bonds. The number of benzene rings is 1. The Morgan fingerprint density at radius 3 is 2.62 bits per heavy atom. The molecule has 0 atom stereocenters. The molecular weight excluding hydrogens is 416 g/mol. The third kappa shape index (κ3) is 4.92. The predicted molar refractivity (Wildman–Crippen MR) is 111 cm³/mol. The Hall–Kier alpha value is -1.25. The fraction of sp³-hybridized carbons (Fsp3) is 0.294. The van der Waals surface area contributed by atoms with Gasteiger partial charge >= 0.3 is 0 Å². The number of thiophene rings is 1. The summed E-state index contributed by atoms with van der Waals surface area (Å²) in [7, 11) is 3.98. The van der Waals surface area contributed by atoms with E-state index in [1.54, 1.807) is 23.1 Å². The number of amides is 1. The van der Waals surface area contributed by atoms with Gasteiger partial charge in [0.05, 0.1) is 19.4 Å². The van der Waals surface area contributed by atoms with Crippen LogP contribution in [0.4, 0.5) is 9.52 Å². The summed E-state index contributed by atoms with van der Waals surface area (Å²) in [5, 5.41) is 0.578. The van der Waals surface area contributed by atoms with Crippen molar-refractivity contribution in [2.75, 3.05) is 32.1 Å². The van der Waals surface area contributed by atoms with Gasteiger partial charge in [-0.2, -0.15) is 0 Å². The van der Waals surface area contributed by atoms with Crippen molar-refractivity contribution in [2.45, 2.75) is 6.42 Å². The van der Waals surface area contributed by atoms with E-state index in [0.29, 0.717) is 26.4 Å². The van der Waals surface area contributed by atoms with Gasteiger partial charge in [0.15, 0.2) is 5.13 Å². The highest BCUT2D eigenvalue weighted by atomic mass is 35.5. The zero-order valence-electron chi connectivity index (χ0n) is 14.2. The van der Waals surface area contributed by atoms with Crippen LogP contribution in [0.15, 0.2) is 30.3 Å². The Labute approximate surface area is 170 Å². The summed E-state index contributed by atoms with van der Waals surface area (Å²) in [6.07, 6.45) is 0.808. The second kappa shape index (κ2) is 9.10. The number of nitrogens with zero attached hydrogens (tertiary/aromatic N) is 3. The fourth-order valence-electron chi connectivity index (χ4n) is 2.39. The van der Waals surface area contributed by atoms with Gasteiger partial charge in [-0.05, 0) is 57.4 Å². The Kier molecular flexibility index (Phi) is 7.37. The standard InChI is InChI=1S/C17H17ClFN3OS2.ClH/c1-21(2)8-3-9-22(16(23)13-6-7-15(18)24-13)17-20-12-5-4-11(19)10-14(12)25-17;/h4-7,10H,3,8-9H2,1-2H3;1H. The van der Waals surface area contributed by atoms with Crippen LogP contribution in [-0.4, -0.2) is 43.0 Å². The van der Waals surface area contributed by atoms with Crippen LogP contribution in [0, 0.1) is 5.82 Å². The molecule has 3 aromatic rings. The molecule has 140 valence electrons. The number of rotatable bonds is 6. The van der Waals surface area contributed by atoms with Crippen molar-refractivity contribution >= 4 is 67.9 Å². The maximum absolute atomic E-state index is 13.4. The largest absolute Gasteiger partial charge is 0.309 e. The minimum absolute atomic E-state index is 0. The third-order valence-electron chi connectivity index (χ3n) is 3.59. The first-order valence-corrected chi connectivity index (χ1v) is 9.73. The van der Waals surface area contributed by atoms with Crippen molar-refractivity contribution < 1.29 is 9.18 Å². The van der Waals surface area contributed by atoms with Crippen molar-refractivity contribution in [2.24, 2.45) is 0 Å². The lowest BCUT2D eigenvalue weighted by Gasteiger charge is -2.20. The number of carbonyl (C=O) groups excluding carboxylic acids is 1. The molecule has 0 aliphatic heterocycles. The summed E-state index contributed by atoms with van der Waals surface area (Å²) in [5.41, 5.74) is 0.691. The van der Waals surface area contributed by atoms with Crippen LogP contribution in [0.2, 0.25) is 4.34 Å². The number of anilines is 1. The van der Waals surface area contributed by atoms with Gasteiger partial charge in [-0.15, -0.1) is 23.7 Å².